The molecular formula is C16H24N6O. The quantitative estimate of drug-likeness (QED) is 0.532. The summed E-state index contributed by atoms with van der Waals surface area (Å²) in [5.41, 5.74) is 18.5. The Morgan fingerprint density at radius 1 is 1.22 bits per heavy atom. The molecule has 0 spiro atoms. The Labute approximate surface area is 136 Å². The Balaban J connectivity index is 2.34. The van der Waals surface area contributed by atoms with E-state index in [-0.39, 0.29) is 17.8 Å². The van der Waals surface area contributed by atoms with Crippen LogP contribution in [0.2, 0.25) is 0 Å². The van der Waals surface area contributed by atoms with E-state index in [4.69, 9.17) is 17.2 Å². The zero-order chi connectivity index (χ0) is 17.2. The van der Waals surface area contributed by atoms with Crippen molar-refractivity contribution in [3.05, 3.63) is 23.8 Å². The fourth-order valence-electron chi connectivity index (χ4n) is 2.56. The van der Waals surface area contributed by atoms with E-state index in [1.807, 2.05) is 43.9 Å². The molecule has 1 aromatic carbocycles. The molecule has 1 amide bonds. The van der Waals surface area contributed by atoms with Crippen LogP contribution in [0.1, 0.15) is 32.8 Å². The minimum absolute atomic E-state index is 0.00313. The van der Waals surface area contributed by atoms with E-state index in [1.165, 1.54) is 0 Å². The summed E-state index contributed by atoms with van der Waals surface area (Å²) < 4.78 is 0. The van der Waals surface area contributed by atoms with Crippen LogP contribution >= 0.6 is 0 Å². The number of hydrogen-bond acceptors (Lipinski definition) is 2. The molecule has 1 aromatic rings. The molecule has 7 nitrogen and oxygen atoms in total. The molecule has 0 saturated carbocycles. The second-order valence-electron chi connectivity index (χ2n) is 6.63. The van der Waals surface area contributed by atoms with Gasteiger partial charge in [0.2, 0.25) is 11.9 Å². The summed E-state index contributed by atoms with van der Waals surface area (Å²) in [6, 6.07) is 5.63. The van der Waals surface area contributed by atoms with E-state index in [0.29, 0.717) is 5.69 Å². The SMILES string of the molecule is CC(C)(C)C(=O)N1CCCc2cc(N=C(N)N=C(N)N)ccc21. The van der Waals surface area contributed by atoms with Crippen LogP contribution in [0.15, 0.2) is 28.2 Å². The first kappa shape index (κ1) is 16.8. The van der Waals surface area contributed by atoms with Gasteiger partial charge >= 0.3 is 0 Å². The van der Waals surface area contributed by atoms with Crippen molar-refractivity contribution < 1.29 is 4.79 Å². The third-order valence-corrected chi connectivity index (χ3v) is 3.56. The number of guanidine groups is 2. The van der Waals surface area contributed by atoms with Gasteiger partial charge in [-0.25, -0.2) is 4.99 Å². The van der Waals surface area contributed by atoms with E-state index in [1.54, 1.807) is 0 Å². The zero-order valence-electron chi connectivity index (χ0n) is 13.8. The predicted octanol–water partition coefficient (Wildman–Crippen LogP) is 1.23. The summed E-state index contributed by atoms with van der Waals surface area (Å²) in [4.78, 5) is 22.3. The van der Waals surface area contributed by atoms with Crippen molar-refractivity contribution in [2.24, 2.45) is 32.6 Å². The maximum absolute atomic E-state index is 12.6. The first-order valence-electron chi connectivity index (χ1n) is 7.57. The van der Waals surface area contributed by atoms with Gasteiger partial charge in [0.1, 0.15) is 0 Å². The van der Waals surface area contributed by atoms with Crippen LogP contribution in [0.5, 0.6) is 0 Å². The number of aliphatic imine (C=N–C) groups is 2. The first-order valence-corrected chi connectivity index (χ1v) is 7.57. The highest BCUT2D eigenvalue weighted by Crippen LogP contribution is 2.33. The molecule has 0 aliphatic carbocycles. The van der Waals surface area contributed by atoms with E-state index in [9.17, 15) is 4.79 Å². The first-order chi connectivity index (χ1) is 10.7. The van der Waals surface area contributed by atoms with Crippen LogP contribution in [0.4, 0.5) is 11.4 Å². The van der Waals surface area contributed by atoms with Crippen molar-refractivity contribution in [3.8, 4) is 0 Å². The van der Waals surface area contributed by atoms with Gasteiger partial charge in [0.15, 0.2) is 5.96 Å². The number of hydrogen-bond donors (Lipinski definition) is 3. The lowest BCUT2D eigenvalue weighted by Crippen LogP contribution is -2.42. The normalized spacial score (nSPS) is 15.1. The number of rotatable bonds is 1. The number of nitrogens with zero attached hydrogens (tertiary/aromatic N) is 3. The molecule has 0 unspecified atom stereocenters. The standard InChI is InChI=1S/C16H24N6O/c1-16(2,3)13(23)22-8-4-5-10-9-11(6-7-12(10)22)20-15(19)21-14(17)18/h6-7,9H,4-5,8H2,1-3H3,(H6,17,18,19,20,21). The number of aryl methyl sites for hydroxylation is 1. The number of amides is 1. The van der Waals surface area contributed by atoms with Crippen LogP contribution in [0, 0.1) is 5.41 Å². The fourth-order valence-corrected chi connectivity index (χ4v) is 2.56. The largest absolute Gasteiger partial charge is 0.370 e. The Bertz CT molecular complexity index is 668. The van der Waals surface area contributed by atoms with Crippen molar-refractivity contribution in [1.82, 2.24) is 0 Å². The summed E-state index contributed by atoms with van der Waals surface area (Å²) in [5, 5.41) is 0. The van der Waals surface area contributed by atoms with Gasteiger partial charge in [0, 0.05) is 17.6 Å². The highest BCUT2D eigenvalue weighted by atomic mass is 16.2. The summed E-state index contributed by atoms with van der Waals surface area (Å²) in [6.45, 7) is 6.52. The second-order valence-corrected chi connectivity index (χ2v) is 6.63. The minimum atomic E-state index is -0.413. The Morgan fingerprint density at radius 2 is 1.91 bits per heavy atom. The average Bonchev–Trinajstić information content (AvgIpc) is 2.43. The van der Waals surface area contributed by atoms with Gasteiger partial charge in [-0.3, -0.25) is 4.79 Å². The molecule has 1 aliphatic heterocycles. The number of anilines is 1. The molecule has 6 N–H and O–H groups in total. The lowest BCUT2D eigenvalue weighted by Gasteiger charge is -2.34. The molecule has 1 heterocycles. The van der Waals surface area contributed by atoms with E-state index in [0.717, 1.165) is 30.6 Å². The number of fused-ring (bicyclic) bond motifs is 1. The molecule has 1 aliphatic rings. The Kier molecular flexibility index (Phi) is 4.58. The smallest absolute Gasteiger partial charge is 0.232 e. The molecule has 23 heavy (non-hydrogen) atoms. The molecular weight excluding hydrogens is 292 g/mol. The van der Waals surface area contributed by atoms with Crippen molar-refractivity contribution >= 4 is 29.2 Å². The lowest BCUT2D eigenvalue weighted by atomic mass is 9.92. The van der Waals surface area contributed by atoms with Gasteiger partial charge in [0.05, 0.1) is 5.69 Å². The molecule has 0 saturated heterocycles. The van der Waals surface area contributed by atoms with Crippen LogP contribution in [-0.2, 0) is 11.2 Å². The van der Waals surface area contributed by atoms with E-state index >= 15 is 0 Å². The minimum Gasteiger partial charge on any atom is -0.370 e. The van der Waals surface area contributed by atoms with Gasteiger partial charge in [-0.1, -0.05) is 20.8 Å². The zero-order valence-corrected chi connectivity index (χ0v) is 13.8. The maximum Gasteiger partial charge on any atom is 0.232 e. The van der Waals surface area contributed by atoms with E-state index < -0.39 is 5.41 Å². The predicted molar refractivity (Wildman–Crippen MR) is 93.7 cm³/mol. The Hall–Kier alpha value is -2.57. The average molecular weight is 316 g/mol. The highest BCUT2D eigenvalue weighted by molar-refractivity contribution is 5.98. The van der Waals surface area contributed by atoms with Crippen molar-refractivity contribution in [2.75, 3.05) is 11.4 Å². The third-order valence-electron chi connectivity index (χ3n) is 3.56. The van der Waals surface area contributed by atoms with Gasteiger partial charge in [-0.15, -0.1) is 0 Å². The molecule has 0 aromatic heterocycles. The number of carbonyl (C=O) groups excluding carboxylic acids is 1. The highest BCUT2D eigenvalue weighted by Gasteiger charge is 2.30. The van der Waals surface area contributed by atoms with Gasteiger partial charge in [-0.05, 0) is 36.6 Å². The van der Waals surface area contributed by atoms with Crippen LogP contribution in [0.25, 0.3) is 0 Å². The molecule has 7 heteroatoms. The summed E-state index contributed by atoms with van der Waals surface area (Å²) >= 11 is 0. The van der Waals surface area contributed by atoms with Crippen LogP contribution in [0.3, 0.4) is 0 Å². The number of benzene rings is 1. The van der Waals surface area contributed by atoms with Crippen molar-refractivity contribution in [2.45, 2.75) is 33.6 Å². The van der Waals surface area contributed by atoms with Crippen LogP contribution < -0.4 is 22.1 Å². The molecule has 0 radical (unpaired) electrons. The van der Waals surface area contributed by atoms with E-state index in [2.05, 4.69) is 9.98 Å². The van der Waals surface area contributed by atoms with Crippen molar-refractivity contribution in [1.29, 1.82) is 0 Å². The summed E-state index contributed by atoms with van der Waals surface area (Å²) in [5.74, 6) is -0.00994. The second kappa shape index (κ2) is 6.28. The lowest BCUT2D eigenvalue weighted by molar-refractivity contribution is -0.125. The third kappa shape index (κ3) is 4.00. The fraction of sp³-hybridized carbons (Fsp3) is 0.438. The van der Waals surface area contributed by atoms with Gasteiger partial charge < -0.3 is 22.1 Å². The number of carbonyl (C=O) groups is 1. The topological polar surface area (TPSA) is 123 Å². The molecule has 124 valence electrons. The molecule has 2 rings (SSSR count). The van der Waals surface area contributed by atoms with Gasteiger partial charge in [0.25, 0.3) is 0 Å². The maximum atomic E-state index is 12.6. The van der Waals surface area contributed by atoms with Crippen LogP contribution in [-0.4, -0.2) is 24.4 Å². The van der Waals surface area contributed by atoms with Gasteiger partial charge in [-0.2, -0.15) is 4.99 Å². The summed E-state index contributed by atoms with van der Waals surface area (Å²) in [6.07, 6.45) is 1.82. The molecule has 0 fully saturated rings. The number of nitrogens with two attached hydrogens (primary N) is 3. The van der Waals surface area contributed by atoms with Crippen molar-refractivity contribution in [3.63, 3.8) is 0 Å². The molecule has 0 atom stereocenters. The molecule has 0 bridgehead atoms. The monoisotopic (exact) mass is 316 g/mol. The Morgan fingerprint density at radius 3 is 2.52 bits per heavy atom. The summed E-state index contributed by atoms with van der Waals surface area (Å²) in [7, 11) is 0.